The second-order valence-electron chi connectivity index (χ2n) is 7.85. The molecule has 3 nitrogen and oxygen atoms in total. The topological polar surface area (TPSA) is 29.5 Å². The second kappa shape index (κ2) is 7.39. The molecule has 2 aliphatic rings. The van der Waals surface area contributed by atoms with E-state index in [9.17, 15) is 8.60 Å². The summed E-state index contributed by atoms with van der Waals surface area (Å²) in [4.78, 5) is 3.06. The van der Waals surface area contributed by atoms with Crippen LogP contribution in [0.1, 0.15) is 33.9 Å². The number of aryl methyl sites for hydroxylation is 1. The van der Waals surface area contributed by atoms with E-state index in [1.165, 1.54) is 16.7 Å². The number of halogens is 1. The van der Waals surface area contributed by atoms with Crippen LogP contribution < -0.4 is 4.18 Å². The molecule has 5 rings (SSSR count). The fraction of sp³-hybridized carbons (Fsp3) is 0.250. The van der Waals surface area contributed by atoms with Crippen molar-refractivity contribution in [3.05, 3.63) is 94.3 Å². The highest BCUT2D eigenvalue weighted by molar-refractivity contribution is 7.80. The summed E-state index contributed by atoms with van der Waals surface area (Å²) in [6.45, 7) is 3.76. The van der Waals surface area contributed by atoms with Crippen LogP contribution >= 0.6 is 0 Å². The van der Waals surface area contributed by atoms with Crippen LogP contribution in [0, 0.1) is 12.7 Å². The largest absolute Gasteiger partial charge is 0.397 e. The van der Waals surface area contributed by atoms with Gasteiger partial charge in [-0.25, -0.2) is 8.60 Å². The zero-order valence-corrected chi connectivity index (χ0v) is 17.0. The van der Waals surface area contributed by atoms with E-state index in [1.54, 1.807) is 12.1 Å². The highest BCUT2D eigenvalue weighted by atomic mass is 32.2. The maximum atomic E-state index is 13.8. The van der Waals surface area contributed by atoms with Crippen LogP contribution in [-0.2, 0) is 30.5 Å². The summed E-state index contributed by atoms with van der Waals surface area (Å²) < 4.78 is 32.1. The standard InChI is InChI=1S/C24H22FNO2S/c1-16-2-8-22(9-3-16)29(27)28-21-7-5-18-13-24-23-14-20(25)6-4-17(23)10-11-26(24)15-19(18)12-21/h2-9,12,14,24H,10-11,13,15H2,1H3. The molecule has 0 aromatic heterocycles. The quantitative estimate of drug-likeness (QED) is 0.619. The summed E-state index contributed by atoms with van der Waals surface area (Å²) in [5.41, 5.74) is 5.93. The van der Waals surface area contributed by atoms with Crippen molar-refractivity contribution in [1.82, 2.24) is 4.90 Å². The summed E-state index contributed by atoms with van der Waals surface area (Å²) in [5, 5.41) is 0. The third kappa shape index (κ3) is 3.61. The molecule has 148 valence electrons. The van der Waals surface area contributed by atoms with Gasteiger partial charge in [-0.15, -0.1) is 0 Å². The monoisotopic (exact) mass is 407 g/mol. The normalized spacial score (nSPS) is 19.0. The van der Waals surface area contributed by atoms with Gasteiger partial charge >= 0.3 is 0 Å². The van der Waals surface area contributed by atoms with Crippen molar-refractivity contribution >= 4 is 11.1 Å². The van der Waals surface area contributed by atoms with Crippen molar-refractivity contribution in [2.45, 2.75) is 37.2 Å². The van der Waals surface area contributed by atoms with Gasteiger partial charge in [0.2, 0.25) is 11.1 Å². The number of hydrogen-bond donors (Lipinski definition) is 0. The second-order valence-corrected chi connectivity index (χ2v) is 8.95. The zero-order chi connectivity index (χ0) is 20.0. The lowest BCUT2D eigenvalue weighted by atomic mass is 9.84. The molecule has 2 unspecified atom stereocenters. The first kappa shape index (κ1) is 18.5. The Balaban J connectivity index is 1.38. The molecule has 2 heterocycles. The molecule has 3 aromatic rings. The van der Waals surface area contributed by atoms with Gasteiger partial charge in [-0.3, -0.25) is 4.90 Å². The summed E-state index contributed by atoms with van der Waals surface area (Å²) in [6, 6.07) is 18.9. The molecule has 2 aliphatic heterocycles. The highest BCUT2D eigenvalue weighted by Crippen LogP contribution is 2.39. The molecule has 5 heteroatoms. The molecule has 0 amide bonds. The van der Waals surface area contributed by atoms with Gasteiger partial charge in [-0.1, -0.05) is 29.8 Å². The van der Waals surface area contributed by atoms with Crippen LogP contribution in [0.3, 0.4) is 0 Å². The van der Waals surface area contributed by atoms with Gasteiger partial charge in [-0.2, -0.15) is 0 Å². The lowest BCUT2D eigenvalue weighted by Gasteiger charge is -2.41. The zero-order valence-electron chi connectivity index (χ0n) is 16.2. The Morgan fingerprint density at radius 1 is 1.00 bits per heavy atom. The van der Waals surface area contributed by atoms with Crippen LogP contribution in [0.15, 0.2) is 65.6 Å². The van der Waals surface area contributed by atoms with Crippen molar-refractivity contribution < 1.29 is 12.8 Å². The van der Waals surface area contributed by atoms with Crippen molar-refractivity contribution in [3.8, 4) is 5.75 Å². The molecule has 0 bridgehead atoms. The average molecular weight is 408 g/mol. The van der Waals surface area contributed by atoms with Crippen molar-refractivity contribution in [2.24, 2.45) is 0 Å². The van der Waals surface area contributed by atoms with Gasteiger partial charge in [-0.05, 0) is 78.4 Å². The van der Waals surface area contributed by atoms with Gasteiger partial charge in [0.05, 0.1) is 4.90 Å². The van der Waals surface area contributed by atoms with E-state index in [4.69, 9.17) is 4.18 Å². The molecule has 2 atom stereocenters. The van der Waals surface area contributed by atoms with E-state index >= 15 is 0 Å². The molecule has 0 radical (unpaired) electrons. The Bertz CT molecular complexity index is 1100. The van der Waals surface area contributed by atoms with Crippen LogP contribution in [0.5, 0.6) is 5.75 Å². The average Bonchev–Trinajstić information content (AvgIpc) is 2.72. The summed E-state index contributed by atoms with van der Waals surface area (Å²) in [6.07, 6.45) is 1.79. The minimum absolute atomic E-state index is 0.168. The van der Waals surface area contributed by atoms with E-state index in [0.717, 1.165) is 37.1 Å². The fourth-order valence-electron chi connectivity index (χ4n) is 4.36. The molecular formula is C24H22FNO2S. The van der Waals surface area contributed by atoms with Gasteiger partial charge in [0.15, 0.2) is 0 Å². The molecule has 3 aromatic carbocycles. The molecule has 0 fully saturated rings. The van der Waals surface area contributed by atoms with Crippen LogP contribution in [0.4, 0.5) is 4.39 Å². The number of fused-ring (bicyclic) bond motifs is 4. The number of rotatable bonds is 3. The van der Waals surface area contributed by atoms with Gasteiger partial charge < -0.3 is 4.18 Å². The number of hydrogen-bond acceptors (Lipinski definition) is 3. The molecule has 29 heavy (non-hydrogen) atoms. The smallest absolute Gasteiger partial charge is 0.240 e. The Morgan fingerprint density at radius 3 is 2.62 bits per heavy atom. The summed E-state index contributed by atoms with van der Waals surface area (Å²) in [7, 11) is 0. The van der Waals surface area contributed by atoms with Gasteiger partial charge in [0, 0.05) is 19.1 Å². The van der Waals surface area contributed by atoms with Crippen LogP contribution in [0.25, 0.3) is 0 Å². The lowest BCUT2D eigenvalue weighted by Crippen LogP contribution is -2.39. The predicted molar refractivity (Wildman–Crippen MR) is 112 cm³/mol. The SMILES string of the molecule is Cc1ccc(S(=O)Oc2ccc3c(c2)CN2CCc4ccc(F)cc4C2C3)cc1. The van der Waals surface area contributed by atoms with Gasteiger partial charge in [0.25, 0.3) is 0 Å². The van der Waals surface area contributed by atoms with Crippen molar-refractivity contribution in [1.29, 1.82) is 0 Å². The first-order chi connectivity index (χ1) is 14.1. The number of nitrogens with zero attached hydrogens (tertiary/aromatic N) is 1. The Labute approximate surface area is 172 Å². The van der Waals surface area contributed by atoms with E-state index in [-0.39, 0.29) is 11.9 Å². The molecule has 0 saturated carbocycles. The first-order valence-electron chi connectivity index (χ1n) is 9.88. The summed E-state index contributed by atoms with van der Waals surface area (Å²) in [5.74, 6) is 0.447. The third-order valence-electron chi connectivity index (χ3n) is 5.93. The molecule has 0 N–H and O–H groups in total. The lowest BCUT2D eigenvalue weighted by molar-refractivity contribution is 0.160. The molecule has 0 saturated heterocycles. The highest BCUT2D eigenvalue weighted by Gasteiger charge is 2.32. The Morgan fingerprint density at radius 2 is 1.79 bits per heavy atom. The predicted octanol–water partition coefficient (Wildman–Crippen LogP) is 4.89. The van der Waals surface area contributed by atoms with Crippen LogP contribution in [-0.4, -0.2) is 15.7 Å². The minimum atomic E-state index is -1.54. The van der Waals surface area contributed by atoms with E-state index in [0.29, 0.717) is 10.6 Å². The van der Waals surface area contributed by atoms with Crippen LogP contribution in [0.2, 0.25) is 0 Å². The van der Waals surface area contributed by atoms with Gasteiger partial charge in [0.1, 0.15) is 11.6 Å². The van der Waals surface area contributed by atoms with Crippen molar-refractivity contribution in [3.63, 3.8) is 0 Å². The van der Waals surface area contributed by atoms with Crippen molar-refractivity contribution in [2.75, 3.05) is 6.54 Å². The Kier molecular flexibility index (Phi) is 4.72. The van der Waals surface area contributed by atoms with E-state index in [2.05, 4.69) is 11.0 Å². The molecule has 0 spiro atoms. The maximum absolute atomic E-state index is 13.8. The first-order valence-corrected chi connectivity index (χ1v) is 11.0. The fourth-order valence-corrected chi connectivity index (χ4v) is 5.09. The third-order valence-corrected chi connectivity index (χ3v) is 6.93. The molecule has 0 aliphatic carbocycles. The van der Waals surface area contributed by atoms with E-state index < -0.39 is 11.1 Å². The molecular weight excluding hydrogens is 385 g/mol. The number of benzene rings is 3. The van der Waals surface area contributed by atoms with E-state index in [1.807, 2.05) is 49.4 Å². The maximum Gasteiger partial charge on any atom is 0.240 e. The Hall–Kier alpha value is -2.50. The minimum Gasteiger partial charge on any atom is -0.397 e. The summed E-state index contributed by atoms with van der Waals surface area (Å²) >= 11 is -1.54.